The second-order valence-corrected chi connectivity index (χ2v) is 7.01. The molecule has 1 N–H and O–H groups in total. The minimum Gasteiger partial charge on any atom is -0.467 e. The molecule has 0 spiro atoms. The number of anilines is 1. The molecule has 2 heterocycles. The Bertz CT molecular complexity index is 782. The minimum absolute atomic E-state index is 0.166. The molecular weight excluding hydrogens is 336 g/mol. The summed E-state index contributed by atoms with van der Waals surface area (Å²) in [6, 6.07) is 16.4. The highest BCUT2D eigenvalue weighted by Gasteiger charge is 2.21. The van der Waals surface area contributed by atoms with Gasteiger partial charge < -0.3 is 14.6 Å². The monoisotopic (exact) mass is 356 g/mol. The minimum atomic E-state index is 0.166. The number of nitrogens with zero attached hydrogens (tertiary/aromatic N) is 1. The summed E-state index contributed by atoms with van der Waals surface area (Å²) in [5, 5.41) is 6.17. The lowest BCUT2D eigenvalue weighted by molar-refractivity contribution is 0.306. The third-order valence-corrected chi connectivity index (χ3v) is 5.36. The Hall–Kier alpha value is -2.11. The van der Waals surface area contributed by atoms with Crippen molar-refractivity contribution in [3.63, 3.8) is 0 Å². The molecule has 3 rings (SSSR count). The molecule has 0 amide bonds. The van der Waals surface area contributed by atoms with Gasteiger partial charge in [0.1, 0.15) is 5.76 Å². The number of hydrogen-bond donors (Lipinski definition) is 1. The fraction of sp³-hybridized carbons (Fsp3) is 0.211. The van der Waals surface area contributed by atoms with E-state index < -0.39 is 0 Å². The van der Waals surface area contributed by atoms with Crippen LogP contribution >= 0.6 is 23.6 Å². The van der Waals surface area contributed by atoms with Gasteiger partial charge in [-0.15, -0.1) is 11.3 Å². The van der Waals surface area contributed by atoms with E-state index in [0.29, 0.717) is 11.7 Å². The fourth-order valence-corrected chi connectivity index (χ4v) is 3.67. The maximum Gasteiger partial charge on any atom is 0.174 e. The first-order chi connectivity index (χ1) is 11.6. The summed E-state index contributed by atoms with van der Waals surface area (Å²) in [4.78, 5) is 3.43. The van der Waals surface area contributed by atoms with Crippen molar-refractivity contribution < 1.29 is 4.42 Å². The number of furan rings is 1. The van der Waals surface area contributed by atoms with E-state index in [1.165, 1.54) is 10.4 Å². The molecule has 1 aromatic carbocycles. The van der Waals surface area contributed by atoms with Crippen molar-refractivity contribution in [1.29, 1.82) is 0 Å². The lowest BCUT2D eigenvalue weighted by Crippen LogP contribution is -2.36. The molecule has 0 saturated carbocycles. The molecule has 0 bridgehead atoms. The lowest BCUT2D eigenvalue weighted by Gasteiger charge is -2.31. The number of aryl methyl sites for hydroxylation is 1. The molecule has 0 unspecified atom stereocenters. The zero-order valence-electron chi connectivity index (χ0n) is 13.7. The molecule has 0 aliphatic heterocycles. The molecule has 0 fully saturated rings. The smallest absolute Gasteiger partial charge is 0.174 e. The molecule has 3 nitrogen and oxygen atoms in total. The topological polar surface area (TPSA) is 28.4 Å². The average molecular weight is 357 g/mol. The van der Waals surface area contributed by atoms with Crippen molar-refractivity contribution in [3.8, 4) is 0 Å². The number of para-hydroxylation sites is 1. The van der Waals surface area contributed by atoms with Crippen LogP contribution < -0.4 is 5.32 Å². The van der Waals surface area contributed by atoms with E-state index in [2.05, 4.69) is 47.6 Å². The highest BCUT2D eigenvalue weighted by atomic mass is 32.1. The summed E-state index contributed by atoms with van der Waals surface area (Å²) in [6.07, 6.45) is 1.70. The number of hydrogen-bond acceptors (Lipinski definition) is 3. The van der Waals surface area contributed by atoms with Gasteiger partial charge in [-0.25, -0.2) is 0 Å². The molecule has 2 aromatic heterocycles. The largest absolute Gasteiger partial charge is 0.467 e. The number of nitrogens with one attached hydrogen (secondary N) is 1. The molecule has 5 heteroatoms. The fourth-order valence-electron chi connectivity index (χ4n) is 2.54. The highest BCUT2D eigenvalue weighted by molar-refractivity contribution is 7.80. The Morgan fingerprint density at radius 3 is 2.71 bits per heavy atom. The molecule has 0 radical (unpaired) electrons. The third-order valence-electron chi connectivity index (χ3n) is 3.98. The summed E-state index contributed by atoms with van der Waals surface area (Å²) >= 11 is 7.46. The first kappa shape index (κ1) is 16.7. The standard InChI is InChI=1S/C19H20N2OS2/c1-14-7-3-4-9-17(14)20-19(23)21(13-16-8-5-11-22-16)15(2)18-10-6-12-24-18/h3-12,15H,13H2,1-2H3,(H,20,23)/t15-/m0/s1. The summed E-state index contributed by atoms with van der Waals surface area (Å²) in [5.74, 6) is 0.896. The maximum atomic E-state index is 5.72. The Balaban J connectivity index is 1.83. The van der Waals surface area contributed by atoms with E-state index in [1.54, 1.807) is 17.6 Å². The van der Waals surface area contributed by atoms with Crippen molar-refractivity contribution in [2.45, 2.75) is 26.4 Å². The Morgan fingerprint density at radius 1 is 1.21 bits per heavy atom. The molecule has 3 aromatic rings. The molecule has 0 aliphatic rings. The summed E-state index contributed by atoms with van der Waals surface area (Å²) < 4.78 is 5.53. The second-order valence-electron chi connectivity index (χ2n) is 5.64. The quantitative estimate of drug-likeness (QED) is 0.602. The van der Waals surface area contributed by atoms with E-state index in [-0.39, 0.29) is 6.04 Å². The summed E-state index contributed by atoms with van der Waals surface area (Å²) in [7, 11) is 0. The predicted octanol–water partition coefficient (Wildman–Crippen LogP) is 5.61. The van der Waals surface area contributed by atoms with Crippen molar-refractivity contribution in [3.05, 3.63) is 76.4 Å². The van der Waals surface area contributed by atoms with Crippen LogP contribution in [0.2, 0.25) is 0 Å². The second kappa shape index (κ2) is 7.64. The van der Waals surface area contributed by atoms with Gasteiger partial charge in [-0.05, 0) is 61.3 Å². The molecule has 24 heavy (non-hydrogen) atoms. The maximum absolute atomic E-state index is 5.72. The Morgan fingerprint density at radius 2 is 2.04 bits per heavy atom. The van der Waals surface area contributed by atoms with Gasteiger partial charge in [0.25, 0.3) is 0 Å². The number of rotatable bonds is 5. The van der Waals surface area contributed by atoms with Crippen molar-refractivity contribution in [1.82, 2.24) is 4.90 Å². The van der Waals surface area contributed by atoms with Gasteiger partial charge >= 0.3 is 0 Å². The number of thiocarbonyl (C=S) groups is 1. The van der Waals surface area contributed by atoms with Crippen LogP contribution in [-0.2, 0) is 6.54 Å². The molecular formula is C19H20N2OS2. The predicted molar refractivity (Wildman–Crippen MR) is 104 cm³/mol. The van der Waals surface area contributed by atoms with E-state index in [1.807, 2.05) is 30.3 Å². The first-order valence-corrected chi connectivity index (χ1v) is 9.13. The van der Waals surface area contributed by atoms with Gasteiger partial charge in [-0.1, -0.05) is 24.3 Å². The number of benzene rings is 1. The average Bonchev–Trinajstić information content (AvgIpc) is 3.27. The molecule has 0 aliphatic carbocycles. The lowest BCUT2D eigenvalue weighted by atomic mass is 10.2. The van der Waals surface area contributed by atoms with Crippen LogP contribution in [0.4, 0.5) is 5.69 Å². The van der Waals surface area contributed by atoms with Crippen molar-refractivity contribution >= 4 is 34.4 Å². The van der Waals surface area contributed by atoms with Crippen molar-refractivity contribution in [2.75, 3.05) is 5.32 Å². The number of thiophene rings is 1. The summed E-state index contributed by atoms with van der Waals surface area (Å²) in [6.45, 7) is 4.87. The van der Waals surface area contributed by atoms with Crippen LogP contribution in [0.3, 0.4) is 0 Å². The van der Waals surface area contributed by atoms with Gasteiger partial charge in [0.05, 0.1) is 18.8 Å². The zero-order chi connectivity index (χ0) is 16.9. The SMILES string of the molecule is Cc1ccccc1NC(=S)N(Cc1ccco1)[C@@H](C)c1cccs1. The van der Waals surface area contributed by atoms with Crippen molar-refractivity contribution in [2.24, 2.45) is 0 Å². The van der Waals surface area contributed by atoms with Crippen LogP contribution in [0.5, 0.6) is 0 Å². The van der Waals surface area contributed by atoms with E-state index in [9.17, 15) is 0 Å². The van der Waals surface area contributed by atoms with Gasteiger partial charge in [-0.2, -0.15) is 0 Å². The summed E-state index contributed by atoms with van der Waals surface area (Å²) in [5.41, 5.74) is 2.20. The van der Waals surface area contributed by atoms with Gasteiger partial charge in [0, 0.05) is 10.6 Å². The van der Waals surface area contributed by atoms with E-state index in [0.717, 1.165) is 11.4 Å². The molecule has 124 valence electrons. The van der Waals surface area contributed by atoms with Crippen LogP contribution in [0, 0.1) is 6.92 Å². The van der Waals surface area contributed by atoms with Gasteiger partial charge in [-0.3, -0.25) is 0 Å². The molecule has 1 atom stereocenters. The van der Waals surface area contributed by atoms with E-state index >= 15 is 0 Å². The van der Waals surface area contributed by atoms with Gasteiger partial charge in [0.15, 0.2) is 5.11 Å². The Kier molecular flexibility index (Phi) is 5.33. The zero-order valence-corrected chi connectivity index (χ0v) is 15.4. The van der Waals surface area contributed by atoms with E-state index in [4.69, 9.17) is 16.6 Å². The van der Waals surface area contributed by atoms with Crippen LogP contribution in [-0.4, -0.2) is 10.0 Å². The molecule has 0 saturated heterocycles. The third kappa shape index (κ3) is 3.86. The normalized spacial score (nSPS) is 11.9. The highest BCUT2D eigenvalue weighted by Crippen LogP contribution is 2.27. The Labute approximate surface area is 151 Å². The van der Waals surface area contributed by atoms with Crippen LogP contribution in [0.25, 0.3) is 0 Å². The first-order valence-electron chi connectivity index (χ1n) is 7.84. The van der Waals surface area contributed by atoms with Gasteiger partial charge in [0.2, 0.25) is 0 Å². The van der Waals surface area contributed by atoms with Crippen LogP contribution in [0.15, 0.2) is 64.6 Å². The van der Waals surface area contributed by atoms with Crippen LogP contribution in [0.1, 0.15) is 29.2 Å².